The van der Waals surface area contributed by atoms with Crippen molar-refractivity contribution < 1.29 is 13.2 Å². The molecule has 5 nitrogen and oxygen atoms in total. The topological polar surface area (TPSA) is 57.7 Å². The summed E-state index contributed by atoms with van der Waals surface area (Å²) in [6.45, 7) is 2.26. The van der Waals surface area contributed by atoms with Crippen molar-refractivity contribution in [2.24, 2.45) is 0 Å². The first-order valence-electron chi connectivity index (χ1n) is 6.46. The van der Waals surface area contributed by atoms with Gasteiger partial charge in [-0.1, -0.05) is 17.7 Å². The maximum Gasteiger partial charge on any atom is 0.232 e. The van der Waals surface area contributed by atoms with Crippen LogP contribution in [-0.2, 0) is 14.8 Å². The lowest BCUT2D eigenvalue weighted by Crippen LogP contribution is -2.32. The Morgan fingerprint density at radius 3 is 2.15 bits per heavy atom. The molecule has 1 aromatic rings. The number of rotatable bonds is 6. The van der Waals surface area contributed by atoms with E-state index in [1.54, 1.807) is 26.2 Å². The molecule has 0 saturated carbocycles. The third-order valence-corrected chi connectivity index (χ3v) is 4.17. The summed E-state index contributed by atoms with van der Waals surface area (Å²) in [6.07, 6.45) is 2.02. The highest BCUT2D eigenvalue weighted by molar-refractivity contribution is 7.92. The van der Waals surface area contributed by atoms with Gasteiger partial charge in [0.1, 0.15) is 0 Å². The number of anilines is 1. The summed E-state index contributed by atoms with van der Waals surface area (Å²) in [5.41, 5.74) is 1.71. The van der Waals surface area contributed by atoms with Crippen LogP contribution in [0.5, 0.6) is 0 Å². The molecule has 1 aromatic carbocycles. The number of sulfonamides is 1. The third-order valence-electron chi connectivity index (χ3n) is 2.97. The number of benzene rings is 1. The lowest BCUT2D eigenvalue weighted by molar-refractivity contribution is -0.128. The molecule has 0 unspecified atom stereocenters. The van der Waals surface area contributed by atoms with Crippen molar-refractivity contribution in [1.82, 2.24) is 4.90 Å². The molecule has 0 radical (unpaired) electrons. The van der Waals surface area contributed by atoms with Gasteiger partial charge in [-0.2, -0.15) is 0 Å². The summed E-state index contributed by atoms with van der Waals surface area (Å²) >= 11 is 0. The smallest absolute Gasteiger partial charge is 0.232 e. The van der Waals surface area contributed by atoms with Crippen molar-refractivity contribution in [2.75, 3.05) is 31.2 Å². The predicted molar refractivity (Wildman–Crippen MR) is 81.3 cm³/mol. The van der Waals surface area contributed by atoms with Crippen molar-refractivity contribution in [3.63, 3.8) is 0 Å². The monoisotopic (exact) mass is 298 g/mol. The van der Waals surface area contributed by atoms with E-state index in [1.807, 2.05) is 19.1 Å². The molecule has 0 aliphatic rings. The van der Waals surface area contributed by atoms with Crippen LogP contribution in [0.1, 0.15) is 18.4 Å². The minimum atomic E-state index is -3.34. The molecule has 1 rings (SSSR count). The fourth-order valence-corrected chi connectivity index (χ4v) is 2.76. The lowest BCUT2D eigenvalue weighted by Gasteiger charge is -2.22. The molecular weight excluding hydrogens is 276 g/mol. The summed E-state index contributed by atoms with van der Waals surface area (Å²) < 4.78 is 25.1. The van der Waals surface area contributed by atoms with Crippen LogP contribution >= 0.6 is 0 Å². The fraction of sp³-hybridized carbons (Fsp3) is 0.500. The number of amides is 1. The standard InChI is InChI=1S/C14H22N2O3S/c1-12-7-9-13(10-8-12)16(20(4,18)19)11-5-6-14(17)15(2)3/h7-10H,5-6,11H2,1-4H3. The van der Waals surface area contributed by atoms with Gasteiger partial charge in [-0.05, 0) is 25.5 Å². The number of carbonyl (C=O) groups is 1. The summed E-state index contributed by atoms with van der Waals surface area (Å²) in [5.74, 6) is 0.00218. The largest absolute Gasteiger partial charge is 0.349 e. The van der Waals surface area contributed by atoms with Gasteiger partial charge >= 0.3 is 0 Å². The van der Waals surface area contributed by atoms with Gasteiger partial charge < -0.3 is 4.90 Å². The number of nitrogens with zero attached hydrogens (tertiary/aromatic N) is 2. The van der Waals surface area contributed by atoms with Crippen LogP contribution in [0.15, 0.2) is 24.3 Å². The van der Waals surface area contributed by atoms with E-state index in [0.717, 1.165) is 5.56 Å². The van der Waals surface area contributed by atoms with Crippen molar-refractivity contribution in [3.8, 4) is 0 Å². The van der Waals surface area contributed by atoms with E-state index in [2.05, 4.69) is 0 Å². The van der Waals surface area contributed by atoms with Gasteiger partial charge in [0, 0.05) is 27.1 Å². The highest BCUT2D eigenvalue weighted by Gasteiger charge is 2.17. The first kappa shape index (κ1) is 16.5. The first-order chi connectivity index (χ1) is 9.21. The zero-order chi connectivity index (χ0) is 15.3. The predicted octanol–water partition coefficient (Wildman–Crippen LogP) is 1.63. The van der Waals surface area contributed by atoms with Gasteiger partial charge in [-0.25, -0.2) is 8.42 Å². The Hall–Kier alpha value is -1.56. The molecule has 0 heterocycles. The summed E-state index contributed by atoms with van der Waals surface area (Å²) in [7, 11) is 0.0416. The SMILES string of the molecule is Cc1ccc(N(CCCC(=O)N(C)C)S(C)(=O)=O)cc1. The molecule has 0 bridgehead atoms. The quantitative estimate of drug-likeness (QED) is 0.802. The first-order valence-corrected chi connectivity index (χ1v) is 8.31. The van der Waals surface area contributed by atoms with Gasteiger partial charge in [-0.3, -0.25) is 9.10 Å². The van der Waals surface area contributed by atoms with E-state index in [9.17, 15) is 13.2 Å². The molecule has 112 valence electrons. The van der Waals surface area contributed by atoms with Crippen LogP contribution < -0.4 is 4.31 Å². The van der Waals surface area contributed by atoms with E-state index < -0.39 is 10.0 Å². The van der Waals surface area contributed by atoms with Crippen LogP contribution in [0.25, 0.3) is 0 Å². The van der Waals surface area contributed by atoms with Crippen LogP contribution in [-0.4, -0.2) is 46.1 Å². The van der Waals surface area contributed by atoms with Gasteiger partial charge in [0.15, 0.2) is 0 Å². The zero-order valence-electron chi connectivity index (χ0n) is 12.5. The molecule has 0 aliphatic carbocycles. The van der Waals surface area contributed by atoms with Gasteiger partial charge in [-0.15, -0.1) is 0 Å². The molecule has 0 aliphatic heterocycles. The van der Waals surface area contributed by atoms with Gasteiger partial charge in [0.25, 0.3) is 0 Å². The van der Waals surface area contributed by atoms with Crippen molar-refractivity contribution in [1.29, 1.82) is 0 Å². The molecule has 0 saturated heterocycles. The third kappa shape index (κ3) is 4.85. The van der Waals surface area contributed by atoms with E-state index in [-0.39, 0.29) is 5.91 Å². The number of aryl methyl sites for hydroxylation is 1. The summed E-state index contributed by atoms with van der Waals surface area (Å²) in [4.78, 5) is 13.0. The Balaban J connectivity index is 2.77. The van der Waals surface area contributed by atoms with Crippen LogP contribution in [0, 0.1) is 6.92 Å². The molecule has 0 fully saturated rings. The van der Waals surface area contributed by atoms with Crippen molar-refractivity contribution in [2.45, 2.75) is 19.8 Å². The molecule has 20 heavy (non-hydrogen) atoms. The Labute approximate surface area is 121 Å². The molecule has 1 amide bonds. The van der Waals surface area contributed by atoms with Gasteiger partial charge in [0.2, 0.25) is 15.9 Å². The Morgan fingerprint density at radius 2 is 1.70 bits per heavy atom. The second-order valence-electron chi connectivity index (χ2n) is 5.06. The van der Waals surface area contributed by atoms with Gasteiger partial charge in [0.05, 0.1) is 11.9 Å². The molecule has 0 N–H and O–H groups in total. The highest BCUT2D eigenvalue weighted by atomic mass is 32.2. The van der Waals surface area contributed by atoms with E-state index in [1.165, 1.54) is 15.5 Å². The average molecular weight is 298 g/mol. The Morgan fingerprint density at radius 1 is 1.15 bits per heavy atom. The maximum absolute atomic E-state index is 11.9. The van der Waals surface area contributed by atoms with Crippen molar-refractivity contribution in [3.05, 3.63) is 29.8 Å². The number of carbonyl (C=O) groups excluding carboxylic acids is 1. The minimum absolute atomic E-state index is 0.00218. The lowest BCUT2D eigenvalue weighted by atomic mass is 10.2. The second-order valence-corrected chi connectivity index (χ2v) is 6.97. The maximum atomic E-state index is 11.9. The minimum Gasteiger partial charge on any atom is -0.349 e. The molecular formula is C14H22N2O3S. The van der Waals surface area contributed by atoms with E-state index >= 15 is 0 Å². The average Bonchev–Trinajstić information content (AvgIpc) is 2.34. The molecule has 6 heteroatoms. The van der Waals surface area contributed by atoms with Crippen LogP contribution in [0.4, 0.5) is 5.69 Å². The second kappa shape index (κ2) is 6.74. The number of hydrogen-bond donors (Lipinski definition) is 0. The highest BCUT2D eigenvalue weighted by Crippen LogP contribution is 2.18. The molecule has 0 spiro atoms. The summed E-state index contributed by atoms with van der Waals surface area (Å²) in [6, 6.07) is 7.31. The van der Waals surface area contributed by atoms with Crippen LogP contribution in [0.2, 0.25) is 0 Å². The van der Waals surface area contributed by atoms with Crippen molar-refractivity contribution >= 4 is 21.6 Å². The normalized spacial score (nSPS) is 11.2. The van der Waals surface area contributed by atoms with E-state index in [4.69, 9.17) is 0 Å². The fourth-order valence-electron chi connectivity index (χ4n) is 1.79. The van der Waals surface area contributed by atoms with Crippen LogP contribution in [0.3, 0.4) is 0 Å². The zero-order valence-corrected chi connectivity index (χ0v) is 13.3. The number of hydrogen-bond acceptors (Lipinski definition) is 3. The van der Waals surface area contributed by atoms with E-state index in [0.29, 0.717) is 25.1 Å². The Kier molecular flexibility index (Phi) is 5.56. The molecule has 0 atom stereocenters. The molecule has 0 aromatic heterocycles. The summed E-state index contributed by atoms with van der Waals surface area (Å²) in [5, 5.41) is 0. The Bertz CT molecular complexity index is 550.